The number of para-hydroxylation sites is 4. The highest BCUT2D eigenvalue weighted by molar-refractivity contribution is 6.37. The van der Waals surface area contributed by atoms with E-state index < -0.39 is 11.9 Å². The highest BCUT2D eigenvalue weighted by Gasteiger charge is 2.10. The Kier molecular flexibility index (Phi) is 37.7. The third-order valence-electron chi connectivity index (χ3n) is 16.5. The largest absolute Gasteiger partial charge is 0.489 e. The summed E-state index contributed by atoms with van der Waals surface area (Å²) in [5, 5.41) is 11.0. The first-order chi connectivity index (χ1) is 55.1. The molecule has 0 spiro atoms. The van der Waals surface area contributed by atoms with Crippen molar-refractivity contribution in [3.05, 3.63) is 464 Å². The fourth-order valence-corrected chi connectivity index (χ4v) is 12.0. The van der Waals surface area contributed by atoms with Gasteiger partial charge in [-0.25, -0.2) is 9.59 Å². The van der Waals surface area contributed by atoms with Crippen molar-refractivity contribution in [3.8, 4) is 33.8 Å². The van der Waals surface area contributed by atoms with Crippen LogP contribution in [0.1, 0.15) is 33.4 Å². The number of benzene rings is 14. The van der Waals surface area contributed by atoms with Crippen LogP contribution >= 0.6 is 58.0 Å². The fourth-order valence-electron chi connectivity index (χ4n) is 10.8. The summed E-state index contributed by atoms with van der Waals surface area (Å²) in [6.45, 7) is 33.0. The first-order valence-electron chi connectivity index (χ1n) is 35.7. The number of aromatic nitrogens is 1. The number of rotatable bonds is 16. The van der Waals surface area contributed by atoms with Gasteiger partial charge >= 0.3 is 11.9 Å². The Bertz CT molecular complexity index is 5530. The number of fused-ring (bicyclic) bond motifs is 5. The van der Waals surface area contributed by atoms with Gasteiger partial charge in [0.15, 0.2) is 0 Å². The molecule has 6 nitrogen and oxygen atoms in total. The van der Waals surface area contributed by atoms with Gasteiger partial charge in [-0.15, -0.1) is 0 Å². The highest BCUT2D eigenvalue weighted by atomic mass is 35.5. The summed E-state index contributed by atoms with van der Waals surface area (Å²) in [4.78, 5) is 22.1. The van der Waals surface area contributed by atoms with E-state index in [0.29, 0.717) is 32.4 Å². The van der Waals surface area contributed by atoms with Crippen LogP contribution in [0.5, 0.6) is 11.5 Å². The number of carbonyl (C=O) groups is 2. The van der Waals surface area contributed by atoms with E-state index in [1.165, 1.54) is 60.0 Å². The van der Waals surface area contributed by atoms with Gasteiger partial charge in [-0.05, 0) is 127 Å². The zero-order chi connectivity index (χ0) is 81.0. The van der Waals surface area contributed by atoms with Gasteiger partial charge in [0.2, 0.25) is 0 Å². The Hall–Kier alpha value is -12.8. The third kappa shape index (κ3) is 28.3. The lowest BCUT2D eigenvalue weighted by Crippen LogP contribution is -2.10. The topological polar surface area (TPSA) is 66.8 Å². The molecule has 0 fully saturated rings. The van der Waals surface area contributed by atoms with Gasteiger partial charge in [-0.2, -0.15) is 0 Å². The molecule has 0 N–H and O–H groups in total. The van der Waals surface area contributed by atoms with Crippen LogP contribution in [0.3, 0.4) is 0 Å². The Morgan fingerprint density at radius 3 is 1.27 bits per heavy atom. The molecule has 564 valence electrons. The van der Waals surface area contributed by atoms with E-state index in [0.717, 1.165) is 61.9 Å². The molecule has 0 aliphatic carbocycles. The molecule has 0 aliphatic rings. The maximum atomic E-state index is 11.2. The molecular formula is C102H86Cl5NO5. The summed E-state index contributed by atoms with van der Waals surface area (Å²) in [5.41, 5.74) is 12.8. The maximum Gasteiger partial charge on any atom is 0.335 e. The normalized spacial score (nSPS) is 9.74. The standard InChI is InChI=1S/C17H16O3.C15H12O2.C14H11N.2C12H10.2C8H6Cl2.C8H7Cl.C8H8/c1-2-17(18)20-13-12-19-16-11-7-6-10-15(16)14-8-4-3-5-9-14;1-2-15(16)17-14-11-7-6-10-13(14)12-8-4-3-5-9-12;1-2-15-13-9-5-3-7-11(13)12-8-4-6-10-14(12)15;1-2-10-7-5-8-11-6-3-4-9-12(10)11;1-2-10-7-8-11-5-3-4-6-12(11)9-10;1-2-6-3-4-7(9)5-8(6)10;1-2-6-7(9)4-3-5-8(6)10;1-2-7-3-5-8(9)6-4-7;1-2-8-6-4-3-5-7-8/h2-11H,1,12-13H2;2-11H,1H2;2-10H,1H2;2*2-9H,1H2;2*2-5H,1H2;2-6H,1H2;2-7H,1H2. The molecule has 0 aliphatic heterocycles. The van der Waals surface area contributed by atoms with E-state index in [4.69, 9.17) is 72.2 Å². The first kappa shape index (κ1) is 87.5. The summed E-state index contributed by atoms with van der Waals surface area (Å²) < 4.78 is 17.9. The third-order valence-corrected chi connectivity index (χ3v) is 17.9. The lowest BCUT2D eigenvalue weighted by molar-refractivity contribution is -0.138. The van der Waals surface area contributed by atoms with Gasteiger partial charge in [-0.3, -0.25) is 0 Å². The molecule has 0 bridgehead atoms. The van der Waals surface area contributed by atoms with Gasteiger partial charge < -0.3 is 18.8 Å². The fraction of sp³-hybridized carbons (Fsp3) is 0.0196. The average molecular weight is 1580 g/mol. The Labute approximate surface area is 689 Å². The van der Waals surface area contributed by atoms with Crippen molar-refractivity contribution in [1.29, 1.82) is 0 Å². The van der Waals surface area contributed by atoms with Gasteiger partial charge in [0.1, 0.15) is 24.7 Å². The van der Waals surface area contributed by atoms with E-state index in [1.54, 1.807) is 54.6 Å². The van der Waals surface area contributed by atoms with Crippen LogP contribution in [0.2, 0.25) is 25.1 Å². The quantitative estimate of drug-likeness (QED) is 0.0417. The van der Waals surface area contributed by atoms with E-state index in [1.807, 2.05) is 188 Å². The van der Waals surface area contributed by atoms with Gasteiger partial charge in [0, 0.05) is 70.9 Å². The van der Waals surface area contributed by atoms with E-state index in [-0.39, 0.29) is 6.61 Å². The Morgan fingerprint density at radius 1 is 0.319 bits per heavy atom. The van der Waals surface area contributed by atoms with Crippen LogP contribution in [0.25, 0.3) is 108 Å². The number of hydrogen-bond donors (Lipinski definition) is 0. The molecule has 14 aromatic carbocycles. The maximum absolute atomic E-state index is 11.2. The minimum absolute atomic E-state index is 0.202. The van der Waals surface area contributed by atoms with Crippen molar-refractivity contribution >= 4 is 156 Å². The molecule has 1 heterocycles. The zero-order valence-corrected chi connectivity index (χ0v) is 66.4. The summed E-state index contributed by atoms with van der Waals surface area (Å²) in [7, 11) is 0. The highest BCUT2D eigenvalue weighted by Crippen LogP contribution is 2.33. The average Bonchev–Trinajstić information content (AvgIpc) is 1.62. The second-order valence-electron chi connectivity index (χ2n) is 23.8. The predicted molar refractivity (Wildman–Crippen MR) is 491 cm³/mol. The number of hydrogen-bond acceptors (Lipinski definition) is 5. The summed E-state index contributed by atoms with van der Waals surface area (Å²) >= 11 is 28.6. The van der Waals surface area contributed by atoms with Crippen LogP contribution in [-0.4, -0.2) is 29.7 Å². The van der Waals surface area contributed by atoms with Crippen LogP contribution in [0.15, 0.2) is 405 Å². The summed E-state index contributed by atoms with van der Waals surface area (Å²) in [6.07, 6.45) is 14.9. The Morgan fingerprint density at radius 2 is 0.761 bits per heavy atom. The number of nitrogens with zero attached hydrogens (tertiary/aromatic N) is 1. The van der Waals surface area contributed by atoms with Crippen molar-refractivity contribution in [2.24, 2.45) is 0 Å². The van der Waals surface area contributed by atoms with Crippen molar-refractivity contribution < 1.29 is 23.8 Å². The number of halogens is 5. The smallest absolute Gasteiger partial charge is 0.335 e. The zero-order valence-electron chi connectivity index (χ0n) is 62.6. The molecule has 0 unspecified atom stereocenters. The van der Waals surface area contributed by atoms with E-state index in [2.05, 4.69) is 197 Å². The summed E-state index contributed by atoms with van der Waals surface area (Å²) in [5.74, 6) is 0.426. The molecule has 0 saturated heterocycles. The minimum atomic E-state index is -0.451. The number of carbonyl (C=O) groups excluding carboxylic acids is 2. The molecule has 0 atom stereocenters. The molecule has 113 heavy (non-hydrogen) atoms. The van der Waals surface area contributed by atoms with Crippen molar-refractivity contribution in [3.63, 3.8) is 0 Å². The van der Waals surface area contributed by atoms with Gasteiger partial charge in [0.25, 0.3) is 0 Å². The molecule has 11 heteroatoms. The van der Waals surface area contributed by atoms with E-state index >= 15 is 0 Å². The summed E-state index contributed by atoms with van der Waals surface area (Å²) in [6, 6.07) is 109. The molecule has 1 aromatic heterocycles. The molecular weight excluding hydrogens is 1500 g/mol. The number of esters is 2. The molecule has 0 radical (unpaired) electrons. The van der Waals surface area contributed by atoms with Gasteiger partial charge in [-0.1, -0.05) is 421 Å². The van der Waals surface area contributed by atoms with Crippen LogP contribution < -0.4 is 9.47 Å². The molecule has 0 saturated carbocycles. The molecule has 15 rings (SSSR count). The second kappa shape index (κ2) is 48.7. The monoisotopic (exact) mass is 1580 g/mol. The molecule has 15 aromatic rings. The van der Waals surface area contributed by atoms with Crippen molar-refractivity contribution in [2.75, 3.05) is 13.2 Å². The van der Waals surface area contributed by atoms with E-state index in [9.17, 15) is 9.59 Å². The SMILES string of the molecule is C=CC(=O)OCCOc1ccccc1-c1ccccc1.C=CC(=O)Oc1ccccc1-c1ccccc1.C=Cc1c(Cl)cccc1Cl.C=Cc1ccc(Cl)cc1.C=Cc1ccc(Cl)cc1Cl.C=Cc1ccc2ccccc2c1.C=Cc1cccc2ccccc12.C=Cc1ccccc1.C=Cn1c2ccccc2c2ccccc21. The van der Waals surface area contributed by atoms with Crippen LogP contribution in [0, 0.1) is 0 Å². The molecule has 0 amide bonds. The lowest BCUT2D eigenvalue weighted by Gasteiger charge is -2.11. The van der Waals surface area contributed by atoms with Gasteiger partial charge in [0.05, 0.1) is 11.0 Å². The first-order valence-corrected chi connectivity index (χ1v) is 37.6. The van der Waals surface area contributed by atoms with Crippen LogP contribution in [-0.2, 0) is 14.3 Å². The second-order valence-corrected chi connectivity index (χ2v) is 25.9. The lowest BCUT2D eigenvalue weighted by atomic mass is 10.1. The Balaban J connectivity index is 0.000000179. The van der Waals surface area contributed by atoms with Crippen molar-refractivity contribution in [1.82, 2.24) is 4.57 Å². The number of ether oxygens (including phenoxy) is 3. The predicted octanol–water partition coefficient (Wildman–Crippen LogP) is 30.4. The minimum Gasteiger partial charge on any atom is -0.489 e. The van der Waals surface area contributed by atoms with Crippen molar-refractivity contribution in [2.45, 2.75) is 0 Å². The van der Waals surface area contributed by atoms with Crippen LogP contribution in [0.4, 0.5) is 0 Å².